The number of carbonyl (C=O) groups is 2. The lowest BCUT2D eigenvalue weighted by atomic mass is 9.57. The van der Waals surface area contributed by atoms with Crippen LogP contribution in [0, 0.1) is 12.3 Å². The van der Waals surface area contributed by atoms with Crippen LogP contribution in [0.3, 0.4) is 0 Å². The Hall–Kier alpha value is -6.62. The van der Waals surface area contributed by atoms with Crippen molar-refractivity contribution >= 4 is 11.9 Å². The molecule has 0 aliphatic carbocycles. The zero-order valence-electron chi connectivity index (χ0n) is 70.5. The van der Waals surface area contributed by atoms with E-state index in [1.807, 2.05) is 18.2 Å². The fourth-order valence-corrected chi connectivity index (χ4v) is 17.0. The van der Waals surface area contributed by atoms with Crippen molar-refractivity contribution in [3.63, 3.8) is 0 Å². The number of rotatable bonds is 68. The molecule has 112 heavy (non-hydrogen) atoms. The van der Waals surface area contributed by atoms with Crippen molar-refractivity contribution in [1.29, 1.82) is 0 Å². The number of H-pyrrole nitrogens is 1. The van der Waals surface area contributed by atoms with Crippen molar-refractivity contribution in [2.75, 3.05) is 34.0 Å². The number of aryl methyl sites for hydroxylation is 1. The Morgan fingerprint density at radius 3 is 1.15 bits per heavy atom. The molecule has 16 heteroatoms. The number of hydrogen-bond donors (Lipinski definition) is 5. The summed E-state index contributed by atoms with van der Waals surface area (Å²) < 4.78 is 40.0. The summed E-state index contributed by atoms with van der Waals surface area (Å²) in [6.07, 6.45) is 51.9. The highest BCUT2D eigenvalue weighted by atomic mass is 16.6. The number of aliphatic carboxylic acids is 2. The lowest BCUT2D eigenvalue weighted by Crippen LogP contribution is -2.65. The van der Waals surface area contributed by atoms with Crippen LogP contribution in [-0.4, -0.2) is 93.8 Å². The molecule has 6 rings (SSSR count). The van der Waals surface area contributed by atoms with Crippen LogP contribution in [-0.2, 0) is 26.2 Å². The van der Waals surface area contributed by atoms with Crippen molar-refractivity contribution in [2.24, 2.45) is 5.41 Å². The molecule has 5 aromatic rings. The third-order valence-corrected chi connectivity index (χ3v) is 23.8. The lowest BCUT2D eigenvalue weighted by molar-refractivity contribution is -0.200. The molecule has 2 heterocycles. The minimum atomic E-state index is -2.88. The number of methoxy groups -OCH3 is 2. The van der Waals surface area contributed by atoms with E-state index in [9.17, 15) is 34.8 Å². The van der Waals surface area contributed by atoms with Crippen LogP contribution in [0.1, 0.15) is 376 Å². The van der Waals surface area contributed by atoms with Crippen molar-refractivity contribution in [2.45, 2.75) is 385 Å². The normalized spacial score (nSPS) is 15.8. The molecule has 0 bridgehead atoms. The van der Waals surface area contributed by atoms with Crippen LogP contribution in [0.5, 0.6) is 28.7 Å². The highest BCUT2D eigenvalue weighted by molar-refractivity contribution is 5.84. The third kappa shape index (κ3) is 31.2. The van der Waals surface area contributed by atoms with Gasteiger partial charge in [0.25, 0.3) is 5.56 Å². The number of carboxylic acid groups (broad SMARTS) is 2. The first-order chi connectivity index (χ1) is 54.6. The van der Waals surface area contributed by atoms with Crippen LogP contribution in [0.4, 0.5) is 0 Å². The number of aromatic nitrogens is 2. The molecule has 5 N–H and O–H groups in total. The number of aliphatic hydroxyl groups excluding tert-OH is 1. The van der Waals surface area contributed by atoms with Crippen LogP contribution in [0.25, 0.3) is 0 Å². The highest BCUT2D eigenvalue weighted by Gasteiger charge is 2.69. The van der Waals surface area contributed by atoms with Gasteiger partial charge in [0.05, 0.1) is 45.9 Å². The Labute approximate surface area is 675 Å². The smallest absolute Gasteiger partial charge is 0.330 e. The van der Waals surface area contributed by atoms with Gasteiger partial charge in [-0.1, -0.05) is 364 Å². The van der Waals surface area contributed by atoms with Gasteiger partial charge < -0.3 is 48.8 Å². The Kier molecular flexibility index (Phi) is 46.3. The molecular formula is C96H150N2O14. The number of benzene rings is 4. The fraction of sp³-hybridized carbons (Fsp3) is 0.688. The minimum absolute atomic E-state index is 0.109. The molecule has 0 spiro atoms. The Morgan fingerprint density at radius 2 is 0.821 bits per heavy atom. The summed E-state index contributed by atoms with van der Waals surface area (Å²) in [6.45, 7) is 9.30. The molecule has 0 saturated carbocycles. The van der Waals surface area contributed by atoms with Crippen LogP contribution in [0.15, 0.2) is 107 Å². The van der Waals surface area contributed by atoms with E-state index in [1.165, 1.54) is 258 Å². The Bertz CT molecular complexity index is 3320. The summed E-state index contributed by atoms with van der Waals surface area (Å²) in [5.74, 6) is -1.24. The van der Waals surface area contributed by atoms with E-state index in [0.29, 0.717) is 65.3 Å². The summed E-state index contributed by atoms with van der Waals surface area (Å²) in [5.41, 5.74) is -7.20. The zero-order valence-corrected chi connectivity index (χ0v) is 70.5. The van der Waals surface area contributed by atoms with Gasteiger partial charge in [0, 0.05) is 18.2 Å². The van der Waals surface area contributed by atoms with Crippen molar-refractivity contribution < 1.29 is 58.4 Å². The van der Waals surface area contributed by atoms with Crippen LogP contribution < -0.4 is 34.9 Å². The number of nitrogens with one attached hydrogen (secondary N) is 1. The van der Waals surface area contributed by atoms with Gasteiger partial charge in [0.15, 0.2) is 11.5 Å². The molecule has 0 radical (unpaired) electrons. The standard InChI is InChI=1S/C96H150N2O14/c1-7-10-13-16-19-22-25-28-31-34-37-40-43-46-49-55-68-109-84-71-78(72-85(110-69-56-50-47-44-41-38-35-32-29-26-23-20-17-14-11-8-2)88(84)111-70-57-51-48-45-42-39-36-33-30-27-24-21-18-15-12-9-3)73-94(92(103)104,75-87(99)100)95(106)74-86(98-76-77(4)91(102)97-93(98)105)112-90(95)89(101)96(79-58-53-52-54-59-79,80-60-64-82(107-5)65-61-80)81-62-66-83(108-6)67-63-81/h52-54,58-67,71-72,76,86,89-90,101,106H,7-51,55-57,68-70,73-75H2,1-6H3,(H,99,100)(H,103,104)(H,97,102,105)/t86-,89?,90-,94?,95+/m1/s1. The van der Waals surface area contributed by atoms with Crippen molar-refractivity contribution in [3.05, 3.63) is 146 Å². The van der Waals surface area contributed by atoms with Crippen LogP contribution >= 0.6 is 0 Å². The van der Waals surface area contributed by atoms with E-state index in [4.69, 9.17) is 28.4 Å². The minimum Gasteiger partial charge on any atom is -0.497 e. The zero-order chi connectivity index (χ0) is 80.3. The Morgan fingerprint density at radius 1 is 0.491 bits per heavy atom. The second-order valence-electron chi connectivity index (χ2n) is 32.7. The average molecular weight is 1560 g/mol. The van der Waals surface area contributed by atoms with Crippen molar-refractivity contribution in [1.82, 2.24) is 9.55 Å². The highest BCUT2D eigenvalue weighted by Crippen LogP contribution is 2.57. The van der Waals surface area contributed by atoms with Gasteiger partial charge in [-0.3, -0.25) is 23.9 Å². The molecule has 2 unspecified atom stereocenters. The van der Waals surface area contributed by atoms with E-state index in [2.05, 4.69) is 25.8 Å². The van der Waals surface area contributed by atoms with Gasteiger partial charge in [0.2, 0.25) is 5.75 Å². The number of unbranched alkanes of at least 4 members (excludes halogenated alkanes) is 45. The third-order valence-electron chi connectivity index (χ3n) is 23.8. The quantitative estimate of drug-likeness (QED) is 0.0180. The molecule has 5 atom stereocenters. The number of nitrogens with zero attached hydrogens (tertiary/aromatic N) is 1. The second kappa shape index (κ2) is 55.0. The summed E-state index contributed by atoms with van der Waals surface area (Å²) in [4.78, 5) is 58.8. The summed E-state index contributed by atoms with van der Waals surface area (Å²) in [7, 11) is 3.08. The maximum Gasteiger partial charge on any atom is 0.330 e. The second-order valence-corrected chi connectivity index (χ2v) is 32.7. The molecule has 1 saturated heterocycles. The summed E-state index contributed by atoms with van der Waals surface area (Å²) in [6, 6.07) is 26.5. The summed E-state index contributed by atoms with van der Waals surface area (Å²) >= 11 is 0. The fourth-order valence-electron chi connectivity index (χ4n) is 17.0. The molecule has 0 amide bonds. The van der Waals surface area contributed by atoms with E-state index < -0.39 is 77.3 Å². The molecule has 1 aliphatic rings. The number of aromatic amines is 1. The van der Waals surface area contributed by atoms with Gasteiger partial charge in [-0.25, -0.2) is 4.79 Å². The summed E-state index contributed by atoms with van der Waals surface area (Å²) in [5, 5.41) is 52.5. The van der Waals surface area contributed by atoms with E-state index >= 15 is 4.79 Å². The van der Waals surface area contributed by atoms with Gasteiger partial charge in [-0.15, -0.1) is 0 Å². The number of hydrogen-bond acceptors (Lipinski definition) is 12. The first-order valence-corrected chi connectivity index (χ1v) is 44.9. The maximum absolute atomic E-state index is 15.3. The molecule has 1 aliphatic heterocycles. The van der Waals surface area contributed by atoms with E-state index in [1.54, 1.807) is 72.8 Å². The van der Waals surface area contributed by atoms with Gasteiger partial charge in [-0.2, -0.15) is 0 Å². The first kappa shape index (κ1) is 94.2. The predicted molar refractivity (Wildman–Crippen MR) is 455 cm³/mol. The molecule has 1 fully saturated rings. The predicted octanol–water partition coefficient (Wildman–Crippen LogP) is 24.0. The largest absolute Gasteiger partial charge is 0.497 e. The van der Waals surface area contributed by atoms with Gasteiger partial charge >= 0.3 is 17.6 Å². The van der Waals surface area contributed by atoms with Gasteiger partial charge in [0.1, 0.15) is 41.0 Å². The van der Waals surface area contributed by atoms with Crippen molar-refractivity contribution in [3.8, 4) is 28.7 Å². The maximum atomic E-state index is 15.3. The SMILES string of the molecule is CCCCCCCCCCCCCCCCCCOc1cc(CC(CC(=O)O)(C(=O)O)[C@]2(O)C[C@H](n3cc(C)c(=O)[nH]c3=O)O[C@@H]2C(O)C(c2ccccc2)(c2ccc(OC)cc2)c2ccc(OC)cc2)cc(OCCCCCCCCCCCCCCCCCC)c1OCCCCCCCCCCCCCCCCCC. The van der Waals surface area contributed by atoms with E-state index in [0.717, 1.165) is 81.6 Å². The van der Waals surface area contributed by atoms with Crippen LogP contribution in [0.2, 0.25) is 0 Å². The number of carboxylic acids is 2. The lowest BCUT2D eigenvalue weighted by Gasteiger charge is -2.49. The molecule has 4 aromatic carbocycles. The average Bonchev–Trinajstić information content (AvgIpc) is 1.44. The van der Waals surface area contributed by atoms with E-state index in [-0.39, 0.29) is 11.1 Å². The molecular weight excluding hydrogens is 1410 g/mol. The van der Waals surface area contributed by atoms with Gasteiger partial charge in [-0.05, 0) is 91.3 Å². The topological polar surface area (TPSA) is 225 Å². The number of ether oxygens (including phenoxy) is 6. The molecule has 628 valence electrons. The number of aliphatic hydroxyl groups is 2. The molecule has 1 aromatic heterocycles. The first-order valence-electron chi connectivity index (χ1n) is 44.9. The monoisotopic (exact) mass is 1560 g/mol. The Balaban J connectivity index is 1.36. The molecule has 16 nitrogen and oxygen atoms in total.